The second kappa shape index (κ2) is 25.6. The molecule has 7 amide bonds. The van der Waals surface area contributed by atoms with Crippen LogP contribution in [-0.4, -0.2) is 123 Å². The smallest absolute Gasteiger partial charge is 0.415 e. The van der Waals surface area contributed by atoms with Crippen LogP contribution in [0.5, 0.6) is 11.5 Å². The normalized spacial score (nSPS) is 16.6. The number of nitrogens with one attached hydrogen (secondary N) is 3. The molecule has 0 saturated carbocycles. The second-order valence-electron chi connectivity index (χ2n) is 21.9. The van der Waals surface area contributed by atoms with Gasteiger partial charge in [-0.1, -0.05) is 109 Å². The summed E-state index contributed by atoms with van der Waals surface area (Å²) in [5, 5.41) is 11.6. The first kappa shape index (κ1) is 57.4. The number of anilines is 3. The van der Waals surface area contributed by atoms with E-state index < -0.39 is 30.2 Å². The number of benzene rings is 7. The molecule has 84 heavy (non-hydrogen) atoms. The summed E-state index contributed by atoms with van der Waals surface area (Å²) in [5.74, 6) is 0.318. The number of ether oxygens (including phenoxy) is 3. The molecule has 3 atom stereocenters. The van der Waals surface area contributed by atoms with Crippen LogP contribution in [0.2, 0.25) is 0 Å². The zero-order valence-corrected chi connectivity index (χ0v) is 48.1. The molecule has 3 heterocycles. The van der Waals surface area contributed by atoms with Gasteiger partial charge in [0, 0.05) is 117 Å². The zero-order valence-electron chi connectivity index (χ0n) is 46.6. The number of rotatable bonds is 19. The van der Waals surface area contributed by atoms with E-state index in [1.54, 1.807) is 32.9 Å². The van der Waals surface area contributed by atoms with Gasteiger partial charge >= 0.3 is 18.2 Å². The van der Waals surface area contributed by atoms with Gasteiger partial charge in [-0.05, 0) is 88.2 Å². The Morgan fingerprint density at radius 1 is 0.655 bits per heavy atom. The van der Waals surface area contributed by atoms with Gasteiger partial charge in [0.1, 0.15) is 30.8 Å². The van der Waals surface area contributed by atoms with Gasteiger partial charge in [-0.15, -0.1) is 23.2 Å². The number of nitrogens with zero attached hydrogens (tertiary/aromatic N) is 4. The van der Waals surface area contributed by atoms with E-state index in [4.69, 9.17) is 43.1 Å². The van der Waals surface area contributed by atoms with Crippen molar-refractivity contribution < 1.29 is 43.0 Å². The van der Waals surface area contributed by atoms with Crippen LogP contribution in [-0.2, 0) is 25.7 Å². The van der Waals surface area contributed by atoms with Gasteiger partial charge in [-0.2, -0.15) is 0 Å². The fourth-order valence-electron chi connectivity index (χ4n) is 12.2. The number of nitrogens with two attached hydrogens (primary N) is 1. The third-order valence-corrected chi connectivity index (χ3v) is 17.3. The van der Waals surface area contributed by atoms with Crippen LogP contribution >= 0.6 is 23.2 Å². The van der Waals surface area contributed by atoms with Gasteiger partial charge in [0.2, 0.25) is 17.7 Å². The first-order valence-electron chi connectivity index (χ1n) is 28.5. The lowest BCUT2D eigenvalue weighted by Crippen LogP contribution is -2.48. The van der Waals surface area contributed by atoms with E-state index in [1.165, 1.54) is 0 Å². The lowest BCUT2D eigenvalue weighted by molar-refractivity contribution is -0.120. The Morgan fingerprint density at radius 2 is 1.19 bits per heavy atom. The van der Waals surface area contributed by atoms with E-state index in [1.807, 2.05) is 110 Å². The van der Waals surface area contributed by atoms with Gasteiger partial charge in [-0.25, -0.2) is 14.4 Å². The third kappa shape index (κ3) is 12.2. The summed E-state index contributed by atoms with van der Waals surface area (Å²) in [7, 11) is 2.02. The summed E-state index contributed by atoms with van der Waals surface area (Å²) >= 11 is 13.2. The predicted molar refractivity (Wildman–Crippen MR) is 327 cm³/mol. The maximum atomic E-state index is 14.4. The van der Waals surface area contributed by atoms with E-state index in [0.717, 1.165) is 73.6 Å². The molecule has 0 bridgehead atoms. The van der Waals surface area contributed by atoms with Crippen molar-refractivity contribution in [3.63, 3.8) is 0 Å². The highest BCUT2D eigenvalue weighted by molar-refractivity contribution is 6.19. The van der Waals surface area contributed by atoms with Gasteiger partial charge in [0.15, 0.2) is 0 Å². The number of carbonyl (C=O) groups excluding carboxylic acids is 6. The number of hydrogen-bond acceptors (Lipinski definition) is 10. The summed E-state index contributed by atoms with van der Waals surface area (Å²) in [6.07, 6.45) is -0.134. The van der Waals surface area contributed by atoms with Crippen molar-refractivity contribution in [3.05, 3.63) is 161 Å². The third-order valence-electron chi connectivity index (χ3n) is 16.5. The van der Waals surface area contributed by atoms with Crippen molar-refractivity contribution in [1.29, 1.82) is 0 Å². The van der Waals surface area contributed by atoms with E-state index in [9.17, 15) is 28.8 Å². The number of alkyl carbamates (subject to hydrolysis) is 1. The first-order chi connectivity index (χ1) is 40.9. The SMILES string of the molecule is CN1CCN(C(=O)Oc2cc3c(c4ccccc24)C(CCl)CN3C(=O)CCCC(=O)N2C[C@@H](CCl)c3c2cc(OCc2ccc(NC(=O)C(CCCNC(N)=O)NC(=O)OCC4c5ccccc5-c5ccccc54)cc2)c2ccccc32)CC1. The number of amides is 7. The van der Waals surface area contributed by atoms with Gasteiger partial charge < -0.3 is 55.5 Å². The molecule has 1 aliphatic carbocycles. The van der Waals surface area contributed by atoms with Crippen molar-refractivity contribution in [2.45, 2.75) is 62.5 Å². The van der Waals surface area contributed by atoms with Gasteiger partial charge in [0.25, 0.3) is 0 Å². The number of piperazine rings is 1. The van der Waals surface area contributed by atoms with Crippen LogP contribution in [0.15, 0.2) is 133 Å². The van der Waals surface area contributed by atoms with Crippen LogP contribution < -0.4 is 41.0 Å². The molecule has 5 N–H and O–H groups in total. The van der Waals surface area contributed by atoms with Crippen LogP contribution in [0.4, 0.5) is 31.4 Å². The Kier molecular flexibility index (Phi) is 17.5. The molecule has 0 spiro atoms. The number of alkyl halides is 2. The fraction of sp³-hybridized carbons (Fsp3) is 0.323. The minimum absolute atomic E-state index is 0.0730. The Morgan fingerprint density at radius 3 is 1.76 bits per heavy atom. The quantitative estimate of drug-likeness (QED) is 0.0445. The Bertz CT molecular complexity index is 3610. The van der Waals surface area contributed by atoms with E-state index in [-0.39, 0.29) is 68.6 Å². The summed E-state index contributed by atoms with van der Waals surface area (Å²) in [5.41, 5.74) is 14.1. The number of urea groups is 1. The Balaban J connectivity index is 0.731. The topological polar surface area (TPSA) is 205 Å². The molecule has 434 valence electrons. The molecule has 2 unspecified atom stereocenters. The highest BCUT2D eigenvalue weighted by Gasteiger charge is 2.38. The van der Waals surface area contributed by atoms with Crippen molar-refractivity contribution in [2.24, 2.45) is 5.73 Å². The molecular weight excluding hydrogens is 1110 g/mol. The fourth-order valence-corrected chi connectivity index (χ4v) is 12.7. The van der Waals surface area contributed by atoms with Crippen molar-refractivity contribution in [1.82, 2.24) is 20.4 Å². The molecule has 11 rings (SSSR count). The maximum absolute atomic E-state index is 14.4. The largest absolute Gasteiger partial charge is 0.488 e. The van der Waals surface area contributed by atoms with E-state index in [2.05, 4.69) is 33.0 Å². The molecule has 0 radical (unpaired) electrons. The molecule has 3 aliphatic heterocycles. The number of fused-ring (bicyclic) bond motifs is 9. The highest BCUT2D eigenvalue weighted by atomic mass is 35.5. The molecule has 17 nitrogen and oxygen atoms in total. The monoisotopic (exact) mass is 1170 g/mol. The molecule has 1 saturated heterocycles. The summed E-state index contributed by atoms with van der Waals surface area (Å²) < 4.78 is 18.4. The van der Waals surface area contributed by atoms with Crippen molar-refractivity contribution in [3.8, 4) is 22.6 Å². The lowest BCUT2D eigenvalue weighted by Gasteiger charge is -2.31. The van der Waals surface area contributed by atoms with E-state index >= 15 is 0 Å². The average Bonchev–Trinajstić information content (AvgIpc) is 2.00. The minimum Gasteiger partial charge on any atom is -0.488 e. The van der Waals surface area contributed by atoms with E-state index in [0.29, 0.717) is 79.3 Å². The number of carbonyl (C=O) groups is 6. The lowest BCUT2D eigenvalue weighted by atomic mass is 9.95. The van der Waals surface area contributed by atoms with Crippen molar-refractivity contribution >= 4 is 97.7 Å². The van der Waals surface area contributed by atoms with Crippen LogP contribution in [0, 0.1) is 0 Å². The van der Waals surface area contributed by atoms with Crippen LogP contribution in [0.25, 0.3) is 32.7 Å². The van der Waals surface area contributed by atoms with Gasteiger partial charge in [0.05, 0.1) is 11.4 Å². The molecule has 7 aromatic carbocycles. The van der Waals surface area contributed by atoms with Gasteiger partial charge in [-0.3, -0.25) is 14.4 Å². The summed E-state index contributed by atoms with van der Waals surface area (Å²) in [6, 6.07) is 40.8. The second-order valence-corrected chi connectivity index (χ2v) is 22.5. The summed E-state index contributed by atoms with van der Waals surface area (Å²) in [4.78, 5) is 88.0. The standard InChI is InChI=1S/C65H66Cl2N8O9/c1-72-28-30-73(31-29-72)65(81)84-57-33-55-61(51-19-9-7-17-49(51)57)42(35-67)37-75(55)59(77)22-10-21-58(76)74-36-41(34-66)60-50-18-8-6-16-48(50)56(32-54(60)74)82-38-40-23-25-43(26-24-40)70-62(78)53(20-11-27-69-63(68)79)71-64(80)83-39-52-46-14-4-2-12-44(46)45-13-3-5-15-47(45)52/h2-9,12-19,23-26,32-33,41-42,52-53H,10-11,20-22,27-31,34-39H2,1H3,(H,70,78)(H,71,80)(H3,68,69,79)/t41-,42?,53?/m1/s1. The van der Waals surface area contributed by atoms with Crippen LogP contribution in [0.3, 0.4) is 0 Å². The number of likely N-dealkylation sites (N-methyl/N-ethyl adjacent to an activating group) is 1. The number of halogens is 2. The van der Waals surface area contributed by atoms with Crippen LogP contribution in [0.1, 0.15) is 77.7 Å². The molecule has 0 aromatic heterocycles. The number of primary amides is 1. The average molecular weight is 1170 g/mol. The first-order valence-corrected chi connectivity index (χ1v) is 29.6. The highest BCUT2D eigenvalue weighted by Crippen LogP contribution is 2.49. The molecule has 7 aromatic rings. The van der Waals surface area contributed by atoms with Crippen molar-refractivity contribution in [2.75, 3.05) is 86.3 Å². The molecular formula is C65H66Cl2N8O9. The number of hydrogen-bond donors (Lipinski definition) is 4. The minimum atomic E-state index is -1.00. The maximum Gasteiger partial charge on any atom is 0.415 e. The Hall–Kier alpha value is -8.38. The zero-order chi connectivity index (χ0) is 58.4. The predicted octanol–water partition coefficient (Wildman–Crippen LogP) is 10.8. The Labute approximate surface area is 497 Å². The molecule has 19 heteroatoms. The molecule has 4 aliphatic rings. The molecule has 1 fully saturated rings. The summed E-state index contributed by atoms with van der Waals surface area (Å²) in [6.45, 7) is 3.78.